The lowest BCUT2D eigenvalue weighted by atomic mass is 10.1. The van der Waals surface area contributed by atoms with Gasteiger partial charge >= 0.3 is 0 Å². The van der Waals surface area contributed by atoms with E-state index in [2.05, 4.69) is 29.4 Å². The standard InChI is InChI=1S/C10H10INO/c1-7(12-13)9-10(11-9)8-5-3-2-4-6-8/h2-6,9-10H,1H3/b12-7-. The molecule has 3 heteroatoms. The molecule has 2 rings (SSSR count). The van der Waals surface area contributed by atoms with Gasteiger partial charge in [-0.05, 0) is 6.92 Å². The van der Waals surface area contributed by atoms with Crippen molar-refractivity contribution >= 4 is 5.71 Å². The van der Waals surface area contributed by atoms with Gasteiger partial charge in [-0.15, -0.1) is 0 Å². The van der Waals surface area contributed by atoms with Gasteiger partial charge in [0, 0.05) is 5.56 Å². The van der Waals surface area contributed by atoms with Crippen LogP contribution in [0.2, 0.25) is 0 Å². The summed E-state index contributed by atoms with van der Waals surface area (Å²) in [6.07, 6.45) is 0. The van der Waals surface area contributed by atoms with E-state index in [1.165, 1.54) is 5.56 Å². The Bertz CT molecular complexity index is 323. The number of nitrogens with zero attached hydrogens (tertiary/aromatic N) is 1. The fourth-order valence-electron chi connectivity index (χ4n) is 1.34. The molecule has 0 bridgehead atoms. The maximum Gasteiger partial charge on any atom is 0.298 e. The number of halogens is 1. The summed E-state index contributed by atoms with van der Waals surface area (Å²) in [5.74, 6) is 0. The summed E-state index contributed by atoms with van der Waals surface area (Å²) in [5, 5.41) is 13.3. The van der Waals surface area contributed by atoms with Crippen molar-refractivity contribution in [2.24, 2.45) is 5.16 Å². The Morgan fingerprint density at radius 2 is 2.08 bits per heavy atom. The fraction of sp³-hybridized carbons (Fsp3) is 0.300. The van der Waals surface area contributed by atoms with Crippen LogP contribution in [0.25, 0.3) is 0 Å². The zero-order valence-electron chi connectivity index (χ0n) is 7.27. The lowest BCUT2D eigenvalue weighted by Crippen LogP contribution is -3.48. The molecule has 1 saturated heterocycles. The van der Waals surface area contributed by atoms with Crippen LogP contribution in [0, 0.1) is 5.21 Å². The zero-order chi connectivity index (χ0) is 9.26. The van der Waals surface area contributed by atoms with E-state index in [0.717, 1.165) is 5.71 Å². The van der Waals surface area contributed by atoms with E-state index < -0.39 is 0 Å². The molecule has 0 spiro atoms. The van der Waals surface area contributed by atoms with Crippen LogP contribution < -0.4 is 21.2 Å². The lowest BCUT2D eigenvalue weighted by Gasteiger charge is -1.94. The Morgan fingerprint density at radius 1 is 1.38 bits per heavy atom. The second-order valence-corrected chi connectivity index (χ2v) is 6.48. The van der Waals surface area contributed by atoms with E-state index in [-0.39, 0.29) is 21.2 Å². The highest BCUT2D eigenvalue weighted by Gasteiger charge is 2.61. The molecule has 2 atom stereocenters. The van der Waals surface area contributed by atoms with Gasteiger partial charge in [0.2, 0.25) is 7.85 Å². The Balaban J connectivity index is 2.09. The van der Waals surface area contributed by atoms with E-state index in [0.29, 0.717) is 7.85 Å². The molecule has 1 aliphatic rings. The van der Waals surface area contributed by atoms with Crippen molar-refractivity contribution in [3.63, 3.8) is 0 Å². The predicted molar refractivity (Wildman–Crippen MR) is 49.4 cm³/mol. The maximum absolute atomic E-state index is 10.3. The third-order valence-electron chi connectivity index (χ3n) is 2.12. The zero-order valence-corrected chi connectivity index (χ0v) is 9.43. The highest BCUT2D eigenvalue weighted by atomic mass is 127. The smallest absolute Gasteiger partial charge is 0.298 e. The van der Waals surface area contributed by atoms with Crippen molar-refractivity contribution in [3.05, 3.63) is 41.1 Å². The number of hydrogen-bond acceptors (Lipinski definition) is 2. The van der Waals surface area contributed by atoms with Crippen molar-refractivity contribution in [1.29, 1.82) is 0 Å². The normalized spacial score (nSPS) is 27.3. The van der Waals surface area contributed by atoms with Crippen molar-refractivity contribution < 1.29 is 21.2 Å². The van der Waals surface area contributed by atoms with Gasteiger partial charge in [-0.25, -0.2) is 0 Å². The summed E-state index contributed by atoms with van der Waals surface area (Å²) in [6.45, 7) is 1.85. The van der Waals surface area contributed by atoms with E-state index in [1.54, 1.807) is 0 Å². The molecule has 0 aliphatic carbocycles. The molecule has 1 aromatic carbocycles. The van der Waals surface area contributed by atoms with Crippen molar-refractivity contribution in [3.8, 4) is 0 Å². The van der Waals surface area contributed by atoms with Gasteiger partial charge in [-0.1, -0.05) is 30.3 Å². The molecule has 0 amide bonds. The quantitative estimate of drug-likeness (QED) is 0.302. The second-order valence-electron chi connectivity index (χ2n) is 3.07. The summed E-state index contributed by atoms with van der Waals surface area (Å²) in [4.78, 5) is 0. The molecule has 68 valence electrons. The predicted octanol–water partition coefficient (Wildman–Crippen LogP) is -0.842. The largest absolute Gasteiger partial charge is 0.792 e. The molecule has 2 nitrogen and oxygen atoms in total. The molecule has 2 unspecified atom stereocenters. The van der Waals surface area contributed by atoms with Gasteiger partial charge < -0.3 is 10.4 Å². The summed E-state index contributed by atoms with van der Waals surface area (Å²) in [5.41, 5.74) is 2.17. The summed E-state index contributed by atoms with van der Waals surface area (Å²) >= 11 is 0.152. The average Bonchev–Trinajstić information content (AvgIpc) is 2.98. The first-order valence-corrected chi connectivity index (χ1v) is 6.66. The minimum atomic E-state index is 0.152. The SMILES string of the molecule is C/C(=N/[O-])C1[I+]C1c1ccccc1. The first-order chi connectivity index (χ1) is 6.33. The van der Waals surface area contributed by atoms with Gasteiger partial charge in [0.25, 0.3) is 21.2 Å². The summed E-state index contributed by atoms with van der Waals surface area (Å²) in [7, 11) is 0. The summed E-state index contributed by atoms with van der Waals surface area (Å²) < 4.78 is 1.16. The topological polar surface area (TPSA) is 35.4 Å². The average molecular weight is 287 g/mol. The van der Waals surface area contributed by atoms with Crippen molar-refractivity contribution in [2.45, 2.75) is 14.8 Å². The third kappa shape index (κ3) is 1.85. The third-order valence-corrected chi connectivity index (χ3v) is 5.90. The first kappa shape index (κ1) is 8.99. The highest BCUT2D eigenvalue weighted by Crippen LogP contribution is 2.15. The van der Waals surface area contributed by atoms with Gasteiger partial charge in [0.15, 0.2) is 0 Å². The lowest BCUT2D eigenvalue weighted by molar-refractivity contribution is -0.510. The first-order valence-electron chi connectivity index (χ1n) is 4.16. The van der Waals surface area contributed by atoms with Crippen LogP contribution in [-0.4, -0.2) is 9.64 Å². The van der Waals surface area contributed by atoms with Crippen LogP contribution in [0.1, 0.15) is 16.4 Å². The Labute approximate surface area is 87.9 Å². The van der Waals surface area contributed by atoms with Gasteiger partial charge in [0.05, 0.1) is 5.71 Å². The molecule has 0 radical (unpaired) electrons. The Hall–Kier alpha value is -0.580. The van der Waals surface area contributed by atoms with E-state index in [1.807, 2.05) is 13.0 Å². The number of alkyl halides is 2. The van der Waals surface area contributed by atoms with Crippen LogP contribution in [-0.2, 0) is 0 Å². The molecule has 1 aliphatic heterocycles. The molecular weight excluding hydrogens is 277 g/mol. The molecular formula is C10H10INO. The molecule has 0 saturated carbocycles. The van der Waals surface area contributed by atoms with Gasteiger partial charge in [-0.2, -0.15) is 0 Å². The molecule has 1 heterocycles. The number of benzene rings is 1. The van der Waals surface area contributed by atoms with E-state index in [9.17, 15) is 5.21 Å². The summed E-state index contributed by atoms with van der Waals surface area (Å²) in [6, 6.07) is 10.4. The van der Waals surface area contributed by atoms with Crippen molar-refractivity contribution in [1.82, 2.24) is 0 Å². The number of hydrogen-bond donors (Lipinski definition) is 0. The maximum atomic E-state index is 10.3. The van der Waals surface area contributed by atoms with Gasteiger partial charge in [-0.3, -0.25) is 0 Å². The van der Waals surface area contributed by atoms with Crippen LogP contribution in [0.4, 0.5) is 0 Å². The molecule has 13 heavy (non-hydrogen) atoms. The second kappa shape index (κ2) is 3.65. The highest BCUT2D eigenvalue weighted by molar-refractivity contribution is 5.88. The Kier molecular flexibility index (Phi) is 2.53. The monoisotopic (exact) mass is 287 g/mol. The molecule has 0 N–H and O–H groups in total. The fourth-order valence-corrected chi connectivity index (χ4v) is 4.33. The molecule has 1 fully saturated rings. The van der Waals surface area contributed by atoms with Crippen LogP contribution in [0.5, 0.6) is 0 Å². The van der Waals surface area contributed by atoms with Gasteiger partial charge in [0.1, 0.15) is 0 Å². The number of rotatable bonds is 2. The Morgan fingerprint density at radius 3 is 2.69 bits per heavy atom. The minimum absolute atomic E-state index is 0.152. The minimum Gasteiger partial charge on any atom is -0.792 e. The van der Waals surface area contributed by atoms with Crippen LogP contribution in [0.15, 0.2) is 35.5 Å². The van der Waals surface area contributed by atoms with Crippen LogP contribution >= 0.6 is 0 Å². The van der Waals surface area contributed by atoms with E-state index >= 15 is 0 Å². The van der Waals surface area contributed by atoms with Crippen LogP contribution in [0.3, 0.4) is 0 Å². The molecule has 1 aromatic rings. The van der Waals surface area contributed by atoms with E-state index in [4.69, 9.17) is 0 Å². The van der Waals surface area contributed by atoms with Crippen molar-refractivity contribution in [2.75, 3.05) is 0 Å². The molecule has 0 aromatic heterocycles.